The molecule has 0 aliphatic rings. The van der Waals surface area contributed by atoms with Crippen LogP contribution < -0.4 is 15.4 Å². The predicted molar refractivity (Wildman–Crippen MR) is 112 cm³/mol. The maximum Gasteiger partial charge on any atom is 0.251 e. The van der Waals surface area contributed by atoms with Gasteiger partial charge >= 0.3 is 0 Å². The fraction of sp³-hybridized carbons (Fsp3) is 0.300. The summed E-state index contributed by atoms with van der Waals surface area (Å²) < 4.78 is 6.15. The minimum Gasteiger partial charge on any atom is -0.497 e. The molecule has 0 saturated heterocycles. The Balaban J connectivity index is 1.76. The van der Waals surface area contributed by atoms with E-state index in [1.54, 1.807) is 38.4 Å². The average molecular weight is 433 g/mol. The number of hydrogen-bond acceptors (Lipinski definition) is 3. The first-order valence-electron chi connectivity index (χ1n) is 8.62. The summed E-state index contributed by atoms with van der Waals surface area (Å²) in [4.78, 5) is 18.5. The number of carbonyl (C=O) groups is 1. The van der Waals surface area contributed by atoms with E-state index in [1.807, 2.05) is 24.1 Å². The molecule has 0 heterocycles. The minimum atomic E-state index is -0.113. The van der Waals surface area contributed by atoms with E-state index >= 15 is 0 Å². The second-order valence-corrected chi connectivity index (χ2v) is 6.86. The van der Waals surface area contributed by atoms with Crippen LogP contribution in [0.3, 0.4) is 0 Å². The van der Waals surface area contributed by atoms with Crippen molar-refractivity contribution in [1.29, 1.82) is 0 Å². The highest BCUT2D eigenvalue weighted by Gasteiger charge is 2.08. The standard InChI is InChI=1S/C20H25BrN4O2/c1-22-20(25(2)14-15-4-8-17(21)9-5-15)24-13-12-23-19(26)16-6-10-18(27-3)11-7-16/h4-11H,12-14H2,1-3H3,(H,22,24)(H,23,26). The Morgan fingerprint density at radius 3 is 2.30 bits per heavy atom. The first-order valence-corrected chi connectivity index (χ1v) is 9.41. The number of ether oxygens (including phenoxy) is 1. The fourth-order valence-electron chi connectivity index (χ4n) is 2.52. The van der Waals surface area contributed by atoms with Crippen LogP contribution in [0, 0.1) is 0 Å². The topological polar surface area (TPSA) is 66.0 Å². The monoisotopic (exact) mass is 432 g/mol. The number of hydrogen-bond donors (Lipinski definition) is 2. The summed E-state index contributed by atoms with van der Waals surface area (Å²) >= 11 is 3.44. The first-order chi connectivity index (χ1) is 13.0. The van der Waals surface area contributed by atoms with Gasteiger partial charge in [0.2, 0.25) is 0 Å². The maximum atomic E-state index is 12.1. The third-order valence-corrected chi connectivity index (χ3v) is 4.48. The molecule has 7 heteroatoms. The SMILES string of the molecule is CN=C(NCCNC(=O)c1ccc(OC)cc1)N(C)Cc1ccc(Br)cc1. The van der Waals surface area contributed by atoms with E-state index in [0.717, 1.165) is 22.7 Å². The van der Waals surface area contributed by atoms with Crippen molar-refractivity contribution in [3.8, 4) is 5.75 Å². The lowest BCUT2D eigenvalue weighted by Crippen LogP contribution is -2.42. The van der Waals surface area contributed by atoms with Gasteiger partial charge in [0.05, 0.1) is 7.11 Å². The molecule has 1 amide bonds. The summed E-state index contributed by atoms with van der Waals surface area (Å²) in [5.41, 5.74) is 1.80. The normalized spacial score (nSPS) is 11.0. The van der Waals surface area contributed by atoms with Crippen LogP contribution in [0.25, 0.3) is 0 Å². The lowest BCUT2D eigenvalue weighted by molar-refractivity contribution is 0.0954. The smallest absolute Gasteiger partial charge is 0.251 e. The van der Waals surface area contributed by atoms with Gasteiger partial charge in [0, 0.05) is 43.8 Å². The summed E-state index contributed by atoms with van der Waals surface area (Å²) in [7, 11) is 5.32. The van der Waals surface area contributed by atoms with Gasteiger partial charge in [-0.25, -0.2) is 0 Å². The zero-order chi connectivity index (χ0) is 19.6. The summed E-state index contributed by atoms with van der Waals surface area (Å²) in [6.45, 7) is 1.82. The number of benzene rings is 2. The number of methoxy groups -OCH3 is 1. The number of halogens is 1. The molecule has 27 heavy (non-hydrogen) atoms. The molecule has 0 saturated carbocycles. The lowest BCUT2D eigenvalue weighted by Gasteiger charge is -2.22. The highest BCUT2D eigenvalue weighted by molar-refractivity contribution is 9.10. The van der Waals surface area contributed by atoms with Crippen molar-refractivity contribution >= 4 is 27.8 Å². The molecular formula is C20H25BrN4O2. The number of aliphatic imine (C=N–C) groups is 1. The Kier molecular flexibility index (Phi) is 8.13. The van der Waals surface area contributed by atoms with E-state index in [0.29, 0.717) is 18.7 Å². The fourth-order valence-corrected chi connectivity index (χ4v) is 2.78. The average Bonchev–Trinajstić information content (AvgIpc) is 2.69. The second kappa shape index (κ2) is 10.6. The van der Waals surface area contributed by atoms with Crippen molar-refractivity contribution in [3.05, 3.63) is 64.1 Å². The van der Waals surface area contributed by atoms with E-state index in [4.69, 9.17) is 4.74 Å². The summed E-state index contributed by atoms with van der Waals surface area (Å²) in [5, 5.41) is 6.15. The van der Waals surface area contributed by atoms with Crippen LogP contribution >= 0.6 is 15.9 Å². The molecule has 0 aromatic heterocycles. The molecule has 0 bridgehead atoms. The van der Waals surface area contributed by atoms with Crippen molar-refractivity contribution < 1.29 is 9.53 Å². The highest BCUT2D eigenvalue weighted by atomic mass is 79.9. The predicted octanol–water partition coefficient (Wildman–Crippen LogP) is 2.89. The number of guanidine groups is 1. The molecule has 2 aromatic rings. The van der Waals surface area contributed by atoms with Gasteiger partial charge in [-0.1, -0.05) is 28.1 Å². The van der Waals surface area contributed by atoms with Crippen LogP contribution in [0.15, 0.2) is 58.0 Å². The zero-order valence-electron chi connectivity index (χ0n) is 15.8. The molecule has 0 unspecified atom stereocenters. The van der Waals surface area contributed by atoms with Crippen LogP contribution in [-0.2, 0) is 6.54 Å². The first kappa shape index (κ1) is 20.8. The van der Waals surface area contributed by atoms with Gasteiger partial charge in [-0.2, -0.15) is 0 Å². The van der Waals surface area contributed by atoms with E-state index in [1.165, 1.54) is 5.56 Å². The number of nitrogens with zero attached hydrogens (tertiary/aromatic N) is 2. The van der Waals surface area contributed by atoms with Gasteiger partial charge < -0.3 is 20.3 Å². The molecule has 2 aromatic carbocycles. The highest BCUT2D eigenvalue weighted by Crippen LogP contribution is 2.12. The van der Waals surface area contributed by atoms with Crippen LogP contribution in [0.2, 0.25) is 0 Å². The number of amides is 1. The van der Waals surface area contributed by atoms with E-state index in [2.05, 4.69) is 43.7 Å². The second-order valence-electron chi connectivity index (χ2n) is 5.94. The Morgan fingerprint density at radius 2 is 1.70 bits per heavy atom. The quantitative estimate of drug-likeness (QED) is 0.401. The number of nitrogens with one attached hydrogen (secondary N) is 2. The summed E-state index contributed by atoms with van der Waals surface area (Å²) in [6.07, 6.45) is 0. The van der Waals surface area contributed by atoms with Crippen molar-refractivity contribution in [2.45, 2.75) is 6.54 Å². The summed E-state index contributed by atoms with van der Waals surface area (Å²) in [5.74, 6) is 1.39. The van der Waals surface area contributed by atoms with Crippen LogP contribution in [0.1, 0.15) is 15.9 Å². The van der Waals surface area contributed by atoms with Crippen LogP contribution in [-0.4, -0.2) is 51.1 Å². The van der Waals surface area contributed by atoms with Gasteiger partial charge in [0.1, 0.15) is 5.75 Å². The van der Waals surface area contributed by atoms with Crippen molar-refractivity contribution in [2.24, 2.45) is 4.99 Å². The lowest BCUT2D eigenvalue weighted by atomic mass is 10.2. The molecule has 2 rings (SSSR count). The Bertz CT molecular complexity index is 761. The largest absolute Gasteiger partial charge is 0.497 e. The molecule has 0 fully saturated rings. The Labute approximate surface area is 168 Å². The van der Waals surface area contributed by atoms with Gasteiger partial charge in [-0.3, -0.25) is 9.79 Å². The molecule has 0 aliphatic heterocycles. The number of carbonyl (C=O) groups excluding carboxylic acids is 1. The molecule has 2 N–H and O–H groups in total. The molecule has 0 atom stereocenters. The molecule has 0 spiro atoms. The van der Waals surface area contributed by atoms with Crippen LogP contribution in [0.4, 0.5) is 0 Å². The molecule has 0 aliphatic carbocycles. The molecule has 6 nitrogen and oxygen atoms in total. The van der Waals surface area contributed by atoms with Crippen molar-refractivity contribution in [2.75, 3.05) is 34.3 Å². The van der Waals surface area contributed by atoms with E-state index in [9.17, 15) is 4.79 Å². The maximum absolute atomic E-state index is 12.1. The number of rotatable bonds is 7. The van der Waals surface area contributed by atoms with E-state index < -0.39 is 0 Å². The summed E-state index contributed by atoms with van der Waals surface area (Å²) in [6, 6.07) is 15.2. The molecule has 144 valence electrons. The van der Waals surface area contributed by atoms with Gasteiger partial charge in [0.25, 0.3) is 5.91 Å². The van der Waals surface area contributed by atoms with Crippen molar-refractivity contribution in [3.63, 3.8) is 0 Å². The third-order valence-electron chi connectivity index (χ3n) is 3.95. The zero-order valence-corrected chi connectivity index (χ0v) is 17.4. The van der Waals surface area contributed by atoms with Crippen LogP contribution in [0.5, 0.6) is 5.75 Å². The molecule has 0 radical (unpaired) electrons. The van der Waals surface area contributed by atoms with Gasteiger partial charge in [-0.15, -0.1) is 0 Å². The van der Waals surface area contributed by atoms with E-state index in [-0.39, 0.29) is 5.91 Å². The van der Waals surface area contributed by atoms with Gasteiger partial charge in [-0.05, 0) is 42.0 Å². The Hall–Kier alpha value is -2.54. The minimum absolute atomic E-state index is 0.113. The van der Waals surface area contributed by atoms with Gasteiger partial charge in [0.15, 0.2) is 5.96 Å². The van der Waals surface area contributed by atoms with Crippen molar-refractivity contribution in [1.82, 2.24) is 15.5 Å². The Morgan fingerprint density at radius 1 is 1.07 bits per heavy atom. The third kappa shape index (κ3) is 6.60. The molecular weight excluding hydrogens is 408 g/mol.